The molecule has 0 aliphatic heterocycles. The quantitative estimate of drug-likeness (QED) is 0.232. The number of nitrogens with zero attached hydrogens (tertiary/aromatic N) is 4. The molecule has 2 amide bonds. The van der Waals surface area contributed by atoms with E-state index in [1.54, 1.807) is 24.0 Å². The maximum absolute atomic E-state index is 13.3. The molecular formula is C33H38N6O4. The summed E-state index contributed by atoms with van der Waals surface area (Å²) < 4.78 is 7.58. The van der Waals surface area contributed by atoms with Crippen LogP contribution in [0.5, 0.6) is 5.75 Å². The van der Waals surface area contributed by atoms with Gasteiger partial charge in [-0.05, 0) is 71.1 Å². The van der Waals surface area contributed by atoms with Crippen LogP contribution in [0.15, 0.2) is 67.0 Å². The van der Waals surface area contributed by atoms with E-state index in [1.165, 1.54) is 6.07 Å². The van der Waals surface area contributed by atoms with Crippen molar-refractivity contribution in [1.82, 2.24) is 24.9 Å². The molecule has 10 nitrogen and oxygen atoms in total. The van der Waals surface area contributed by atoms with Gasteiger partial charge < -0.3 is 29.8 Å². The second-order valence-corrected chi connectivity index (χ2v) is 11.1. The van der Waals surface area contributed by atoms with Crippen molar-refractivity contribution >= 4 is 17.5 Å². The number of benzene rings is 2. The van der Waals surface area contributed by atoms with E-state index in [0.29, 0.717) is 23.4 Å². The summed E-state index contributed by atoms with van der Waals surface area (Å²) in [5, 5.41) is 25.6. The summed E-state index contributed by atoms with van der Waals surface area (Å²) in [6, 6.07) is 18.1. The first-order valence-corrected chi connectivity index (χ1v) is 14.2. The minimum absolute atomic E-state index is 0.109. The van der Waals surface area contributed by atoms with Crippen LogP contribution in [0.4, 0.5) is 0 Å². The number of ether oxygens (including phenoxy) is 1. The number of rotatable bonds is 12. The van der Waals surface area contributed by atoms with Crippen LogP contribution in [-0.4, -0.2) is 70.5 Å². The average molecular weight is 583 g/mol. The fraction of sp³-hybridized carbons (Fsp3) is 0.333. The highest BCUT2D eigenvalue weighted by atomic mass is 16.5. The molecule has 0 aliphatic rings. The molecule has 10 heteroatoms. The maximum Gasteiger partial charge on any atom is 0.251 e. The topological polar surface area (TPSA) is 132 Å². The molecule has 43 heavy (non-hydrogen) atoms. The molecule has 2 atom stereocenters. The smallest absolute Gasteiger partial charge is 0.251 e. The fourth-order valence-corrected chi connectivity index (χ4v) is 4.73. The Hall–Kier alpha value is -4.72. The normalized spacial score (nSPS) is 12.6. The van der Waals surface area contributed by atoms with Crippen molar-refractivity contribution in [2.45, 2.75) is 45.4 Å². The SMILES string of the molecule is CC(C)Oc1ccc(C(=O)N[C@H](CNC(=O)CN(C)C)Cc2ccc(-c3cn4cccc(C(C)O)c4n3)cc2)cc1C#N. The largest absolute Gasteiger partial charge is 0.490 e. The van der Waals surface area contributed by atoms with Crippen molar-refractivity contribution in [3.8, 4) is 23.1 Å². The molecule has 224 valence electrons. The Labute approximate surface area is 251 Å². The van der Waals surface area contributed by atoms with Crippen LogP contribution in [0.3, 0.4) is 0 Å². The third-order valence-electron chi connectivity index (χ3n) is 6.76. The number of imidazole rings is 1. The summed E-state index contributed by atoms with van der Waals surface area (Å²) in [7, 11) is 3.63. The number of amides is 2. The number of hydrogen-bond acceptors (Lipinski definition) is 7. The van der Waals surface area contributed by atoms with Crippen LogP contribution in [0, 0.1) is 11.3 Å². The van der Waals surface area contributed by atoms with Gasteiger partial charge in [-0.2, -0.15) is 5.26 Å². The number of nitriles is 1. The van der Waals surface area contributed by atoms with Crippen molar-refractivity contribution in [1.29, 1.82) is 5.26 Å². The first kappa shape index (κ1) is 31.2. The summed E-state index contributed by atoms with van der Waals surface area (Å²) in [6.45, 7) is 5.92. The number of aromatic nitrogens is 2. The van der Waals surface area contributed by atoms with Gasteiger partial charge in [0.05, 0.1) is 36.1 Å². The number of aliphatic hydroxyl groups is 1. The Balaban J connectivity index is 1.52. The van der Waals surface area contributed by atoms with E-state index in [4.69, 9.17) is 9.72 Å². The van der Waals surface area contributed by atoms with Crippen LogP contribution in [0.2, 0.25) is 0 Å². The summed E-state index contributed by atoms with van der Waals surface area (Å²) in [6.07, 6.45) is 3.54. The van der Waals surface area contributed by atoms with Gasteiger partial charge in [-0.1, -0.05) is 30.3 Å². The Morgan fingerprint density at radius 3 is 2.51 bits per heavy atom. The van der Waals surface area contributed by atoms with Crippen molar-refractivity contribution in [2.75, 3.05) is 27.2 Å². The van der Waals surface area contributed by atoms with Crippen LogP contribution >= 0.6 is 0 Å². The Bertz CT molecular complexity index is 1620. The van der Waals surface area contributed by atoms with Gasteiger partial charge >= 0.3 is 0 Å². The molecule has 2 aromatic heterocycles. The number of fused-ring (bicyclic) bond motifs is 1. The zero-order valence-corrected chi connectivity index (χ0v) is 25.2. The highest BCUT2D eigenvalue weighted by molar-refractivity contribution is 5.95. The van der Waals surface area contributed by atoms with Gasteiger partial charge in [0.15, 0.2) is 0 Å². The second-order valence-electron chi connectivity index (χ2n) is 11.1. The molecule has 0 saturated heterocycles. The monoisotopic (exact) mass is 582 g/mol. The molecule has 4 rings (SSSR count). The van der Waals surface area contributed by atoms with Crippen LogP contribution in [0.25, 0.3) is 16.9 Å². The zero-order valence-electron chi connectivity index (χ0n) is 25.2. The van der Waals surface area contributed by atoms with Gasteiger partial charge in [0, 0.05) is 35.6 Å². The zero-order chi connectivity index (χ0) is 31.1. The number of pyridine rings is 1. The molecule has 0 bridgehead atoms. The lowest BCUT2D eigenvalue weighted by atomic mass is 10.0. The van der Waals surface area contributed by atoms with E-state index in [9.17, 15) is 20.0 Å². The summed E-state index contributed by atoms with van der Waals surface area (Å²) >= 11 is 0. The summed E-state index contributed by atoms with van der Waals surface area (Å²) in [4.78, 5) is 32.1. The molecule has 3 N–H and O–H groups in total. The van der Waals surface area contributed by atoms with Crippen LogP contribution in [-0.2, 0) is 11.2 Å². The third-order valence-corrected chi connectivity index (χ3v) is 6.76. The van der Waals surface area contributed by atoms with Gasteiger partial charge in [-0.15, -0.1) is 0 Å². The van der Waals surface area contributed by atoms with E-state index in [1.807, 2.05) is 81.1 Å². The Morgan fingerprint density at radius 2 is 1.86 bits per heavy atom. The highest BCUT2D eigenvalue weighted by Gasteiger charge is 2.18. The Kier molecular flexibility index (Phi) is 10.1. The lowest BCUT2D eigenvalue weighted by Gasteiger charge is -2.21. The molecule has 2 heterocycles. The van der Waals surface area contributed by atoms with Gasteiger partial charge in [-0.25, -0.2) is 4.98 Å². The molecule has 0 spiro atoms. The number of nitrogens with one attached hydrogen (secondary N) is 2. The molecule has 4 aromatic rings. The van der Waals surface area contributed by atoms with Gasteiger partial charge in [0.1, 0.15) is 17.5 Å². The first-order valence-electron chi connectivity index (χ1n) is 14.2. The molecular weight excluding hydrogens is 544 g/mol. The molecule has 0 aliphatic carbocycles. The van der Waals surface area contributed by atoms with E-state index in [2.05, 4.69) is 16.7 Å². The van der Waals surface area contributed by atoms with E-state index in [-0.39, 0.29) is 36.6 Å². The first-order chi connectivity index (χ1) is 20.5. The number of carbonyl (C=O) groups is 2. The maximum atomic E-state index is 13.3. The van der Waals surface area contributed by atoms with E-state index < -0.39 is 12.1 Å². The van der Waals surface area contributed by atoms with Gasteiger partial charge in [0.25, 0.3) is 5.91 Å². The number of hydrogen-bond donors (Lipinski definition) is 3. The van der Waals surface area contributed by atoms with Crippen molar-refractivity contribution in [3.05, 3.63) is 89.2 Å². The van der Waals surface area contributed by atoms with Crippen molar-refractivity contribution < 1.29 is 19.4 Å². The number of aliphatic hydroxyl groups excluding tert-OH is 1. The predicted octanol–water partition coefficient (Wildman–Crippen LogP) is 3.73. The van der Waals surface area contributed by atoms with Gasteiger partial charge in [0.2, 0.25) is 5.91 Å². The summed E-state index contributed by atoms with van der Waals surface area (Å²) in [5.41, 5.74) is 4.72. The van der Waals surface area contributed by atoms with Crippen LogP contribution in [0.1, 0.15) is 53.9 Å². The molecule has 0 saturated carbocycles. The second kappa shape index (κ2) is 14.0. The van der Waals surface area contributed by atoms with Crippen molar-refractivity contribution in [2.24, 2.45) is 0 Å². The minimum atomic E-state index is -0.635. The lowest BCUT2D eigenvalue weighted by Crippen LogP contribution is -2.46. The fourth-order valence-electron chi connectivity index (χ4n) is 4.73. The third kappa shape index (κ3) is 8.19. The van der Waals surface area contributed by atoms with E-state index in [0.717, 1.165) is 22.4 Å². The minimum Gasteiger partial charge on any atom is -0.490 e. The predicted molar refractivity (Wildman–Crippen MR) is 165 cm³/mol. The molecule has 0 radical (unpaired) electrons. The number of carbonyl (C=O) groups excluding carboxylic acids is 2. The average Bonchev–Trinajstić information content (AvgIpc) is 3.40. The van der Waals surface area contributed by atoms with Gasteiger partial charge in [-0.3, -0.25) is 9.59 Å². The molecule has 1 unspecified atom stereocenters. The lowest BCUT2D eigenvalue weighted by molar-refractivity contribution is -0.121. The molecule has 2 aromatic carbocycles. The highest BCUT2D eigenvalue weighted by Crippen LogP contribution is 2.25. The van der Waals surface area contributed by atoms with E-state index >= 15 is 0 Å². The van der Waals surface area contributed by atoms with Crippen molar-refractivity contribution in [3.63, 3.8) is 0 Å². The molecule has 0 fully saturated rings. The summed E-state index contributed by atoms with van der Waals surface area (Å²) in [5.74, 6) is -0.0750. The number of likely N-dealkylation sites (N-methyl/N-ethyl adjacent to an activating group) is 1. The standard InChI is InChI=1S/C33H38N6O4/c1-21(2)43-30-13-12-25(16-26(30)17-34)33(42)36-27(18-35-31(41)20-38(4)5)15-23-8-10-24(11-9-23)29-19-39-14-6-7-28(22(3)40)32(39)37-29/h6-14,16,19,21-22,27,40H,15,18,20H2,1-5H3,(H,35,41)(H,36,42)/t22?,27-/m0/s1. The Morgan fingerprint density at radius 1 is 1.12 bits per heavy atom. The van der Waals surface area contributed by atoms with Crippen LogP contribution < -0.4 is 15.4 Å².